The number of hydrogen-bond donors (Lipinski definition) is 0. The summed E-state index contributed by atoms with van der Waals surface area (Å²) < 4.78 is 0. The topological polar surface area (TPSA) is 0 Å². The normalized spacial score (nSPS) is 31.2. The van der Waals surface area contributed by atoms with E-state index in [0.717, 1.165) is 10.1 Å². The van der Waals surface area contributed by atoms with E-state index in [2.05, 4.69) is 12.2 Å². The summed E-state index contributed by atoms with van der Waals surface area (Å²) in [5, 5.41) is 2.17. The molecule has 0 heterocycles. The third-order valence-corrected chi connectivity index (χ3v) is 6.73. The van der Waals surface area contributed by atoms with Gasteiger partial charge >= 0.3 is 0 Å². The van der Waals surface area contributed by atoms with Crippen molar-refractivity contribution >= 4 is 23.2 Å². The van der Waals surface area contributed by atoms with E-state index >= 15 is 0 Å². The van der Waals surface area contributed by atoms with Crippen LogP contribution >= 0.6 is 23.2 Å². The molecular weight excluding hydrogens is 311 g/mol. The van der Waals surface area contributed by atoms with Crippen LogP contribution in [-0.2, 0) is 0 Å². The van der Waals surface area contributed by atoms with Crippen molar-refractivity contribution in [1.29, 1.82) is 0 Å². The van der Waals surface area contributed by atoms with Crippen LogP contribution < -0.4 is 0 Å². The third-order valence-electron chi connectivity index (χ3n) is 5.98. The monoisotopic (exact) mass is 334 g/mol. The van der Waals surface area contributed by atoms with E-state index in [1.807, 2.05) is 0 Å². The standard InChI is InChI=1S/C20H24Cl2/c21-19-11-13-5-1-3-7-15(13)17(19)9-10-18-16-8-4-2-6-14(16)12-20(18)22/h11-12,17-18H,1-10H2. The molecule has 2 heteroatoms. The van der Waals surface area contributed by atoms with Gasteiger partial charge in [-0.15, -0.1) is 0 Å². The van der Waals surface area contributed by atoms with Crippen LogP contribution in [0, 0.1) is 11.8 Å². The molecule has 0 nitrogen and oxygen atoms in total. The van der Waals surface area contributed by atoms with Crippen molar-refractivity contribution in [3.63, 3.8) is 0 Å². The first-order valence-electron chi connectivity index (χ1n) is 8.92. The van der Waals surface area contributed by atoms with E-state index in [4.69, 9.17) is 23.2 Å². The molecule has 0 amide bonds. The molecule has 0 aliphatic heterocycles. The lowest BCUT2D eigenvalue weighted by Crippen LogP contribution is -2.11. The lowest BCUT2D eigenvalue weighted by Gasteiger charge is -2.24. The van der Waals surface area contributed by atoms with Crippen LogP contribution in [-0.4, -0.2) is 0 Å². The largest absolute Gasteiger partial charge is 0.0885 e. The quantitative estimate of drug-likeness (QED) is 0.520. The van der Waals surface area contributed by atoms with E-state index < -0.39 is 0 Å². The van der Waals surface area contributed by atoms with Gasteiger partial charge in [-0.2, -0.15) is 0 Å². The Morgan fingerprint density at radius 2 is 1.09 bits per heavy atom. The van der Waals surface area contributed by atoms with Gasteiger partial charge in [0, 0.05) is 21.9 Å². The van der Waals surface area contributed by atoms with Crippen LogP contribution in [0.5, 0.6) is 0 Å². The molecular formula is C20H24Cl2. The Kier molecular flexibility index (Phi) is 4.26. The fraction of sp³-hybridized carbons (Fsp3) is 0.600. The average Bonchev–Trinajstić information content (AvgIpc) is 3.01. The molecule has 2 atom stereocenters. The first-order valence-corrected chi connectivity index (χ1v) is 9.67. The number of allylic oxidation sites excluding steroid dienone is 8. The molecule has 118 valence electrons. The SMILES string of the molecule is ClC1=CC2=C(CCCC2)C1CCC1C(Cl)=CC2=C1CCCC2. The van der Waals surface area contributed by atoms with E-state index in [1.54, 1.807) is 22.3 Å². The summed E-state index contributed by atoms with van der Waals surface area (Å²) in [6, 6.07) is 0. The Bertz CT molecular complexity index is 549. The van der Waals surface area contributed by atoms with Gasteiger partial charge in [0.1, 0.15) is 0 Å². The highest BCUT2D eigenvalue weighted by Crippen LogP contribution is 2.48. The molecule has 0 fully saturated rings. The van der Waals surface area contributed by atoms with Crippen molar-refractivity contribution < 1.29 is 0 Å². The van der Waals surface area contributed by atoms with Gasteiger partial charge in [-0.25, -0.2) is 0 Å². The number of rotatable bonds is 3. The highest BCUT2D eigenvalue weighted by atomic mass is 35.5. The zero-order chi connectivity index (χ0) is 15.1. The van der Waals surface area contributed by atoms with Crippen LogP contribution in [0.2, 0.25) is 0 Å². The van der Waals surface area contributed by atoms with Crippen molar-refractivity contribution in [2.24, 2.45) is 11.8 Å². The first-order chi connectivity index (χ1) is 10.7. The minimum atomic E-state index is 0.495. The summed E-state index contributed by atoms with van der Waals surface area (Å²) in [5.41, 5.74) is 6.39. The molecule has 4 aliphatic rings. The highest BCUT2D eigenvalue weighted by molar-refractivity contribution is 6.31. The fourth-order valence-corrected chi connectivity index (χ4v) is 5.60. The second-order valence-corrected chi connectivity index (χ2v) is 8.13. The molecule has 4 rings (SSSR count). The van der Waals surface area contributed by atoms with Crippen LogP contribution in [0.25, 0.3) is 0 Å². The molecule has 0 radical (unpaired) electrons. The first kappa shape index (κ1) is 15.1. The summed E-state index contributed by atoms with van der Waals surface area (Å²) >= 11 is 13.1. The molecule has 0 aromatic heterocycles. The van der Waals surface area contributed by atoms with E-state index in [-0.39, 0.29) is 0 Å². The van der Waals surface area contributed by atoms with Crippen LogP contribution in [0.4, 0.5) is 0 Å². The molecule has 0 bridgehead atoms. The van der Waals surface area contributed by atoms with Crippen molar-refractivity contribution in [3.8, 4) is 0 Å². The van der Waals surface area contributed by atoms with E-state index in [0.29, 0.717) is 11.8 Å². The smallest absolute Gasteiger partial charge is 0.0255 e. The second kappa shape index (κ2) is 6.21. The number of halogens is 2. The lowest BCUT2D eigenvalue weighted by molar-refractivity contribution is 0.514. The van der Waals surface area contributed by atoms with Gasteiger partial charge < -0.3 is 0 Å². The molecule has 0 saturated carbocycles. The fourth-order valence-electron chi connectivity index (χ4n) is 4.85. The zero-order valence-electron chi connectivity index (χ0n) is 13.1. The third kappa shape index (κ3) is 2.63. The van der Waals surface area contributed by atoms with Crippen molar-refractivity contribution in [2.75, 3.05) is 0 Å². The molecule has 4 aliphatic carbocycles. The lowest BCUT2D eigenvalue weighted by atomic mass is 9.82. The highest BCUT2D eigenvalue weighted by Gasteiger charge is 2.32. The summed E-state index contributed by atoms with van der Waals surface area (Å²) in [6.45, 7) is 0. The van der Waals surface area contributed by atoms with Gasteiger partial charge in [0.15, 0.2) is 0 Å². The van der Waals surface area contributed by atoms with Crippen molar-refractivity contribution in [3.05, 3.63) is 44.5 Å². The molecule has 0 spiro atoms. The Morgan fingerprint density at radius 3 is 1.55 bits per heavy atom. The predicted octanol–water partition coefficient (Wildman–Crippen LogP) is 7.01. The van der Waals surface area contributed by atoms with Crippen LogP contribution in [0.1, 0.15) is 64.2 Å². The second-order valence-electron chi connectivity index (χ2n) is 7.26. The maximum atomic E-state index is 6.57. The van der Waals surface area contributed by atoms with Gasteiger partial charge in [0.25, 0.3) is 0 Å². The Morgan fingerprint density at radius 1 is 0.682 bits per heavy atom. The van der Waals surface area contributed by atoms with Crippen LogP contribution in [0.15, 0.2) is 44.5 Å². The van der Waals surface area contributed by atoms with Crippen LogP contribution in [0.3, 0.4) is 0 Å². The Hall–Kier alpha value is -0.460. The van der Waals surface area contributed by atoms with Gasteiger partial charge in [0.05, 0.1) is 0 Å². The van der Waals surface area contributed by atoms with Crippen molar-refractivity contribution in [1.82, 2.24) is 0 Å². The van der Waals surface area contributed by atoms with E-state index in [1.165, 1.54) is 64.2 Å². The Balaban J connectivity index is 1.47. The molecule has 0 saturated heterocycles. The van der Waals surface area contributed by atoms with Gasteiger partial charge in [0.2, 0.25) is 0 Å². The maximum Gasteiger partial charge on any atom is 0.0255 e. The average molecular weight is 335 g/mol. The summed E-state index contributed by atoms with van der Waals surface area (Å²) in [4.78, 5) is 0. The summed E-state index contributed by atoms with van der Waals surface area (Å²) in [7, 11) is 0. The maximum absolute atomic E-state index is 6.57. The van der Waals surface area contributed by atoms with Gasteiger partial charge in [-0.05, 0) is 87.5 Å². The van der Waals surface area contributed by atoms with Gasteiger partial charge in [-0.1, -0.05) is 34.3 Å². The minimum absolute atomic E-state index is 0.495. The zero-order valence-corrected chi connectivity index (χ0v) is 14.6. The number of hydrogen-bond acceptors (Lipinski definition) is 0. The molecule has 0 aromatic carbocycles. The van der Waals surface area contributed by atoms with Crippen molar-refractivity contribution in [2.45, 2.75) is 64.2 Å². The molecule has 0 N–H and O–H groups in total. The Labute approximate surface area is 143 Å². The summed E-state index contributed by atoms with van der Waals surface area (Å²) in [6.07, 6.45) is 17.2. The molecule has 0 aromatic rings. The predicted molar refractivity (Wildman–Crippen MR) is 95.1 cm³/mol. The minimum Gasteiger partial charge on any atom is -0.0885 e. The molecule has 22 heavy (non-hydrogen) atoms. The van der Waals surface area contributed by atoms with E-state index in [9.17, 15) is 0 Å². The van der Waals surface area contributed by atoms with Gasteiger partial charge in [-0.3, -0.25) is 0 Å². The molecule has 2 unspecified atom stereocenters. The summed E-state index contributed by atoms with van der Waals surface area (Å²) in [5.74, 6) is 0.990.